The SMILES string of the molecule is C/C=C1/C(=O)N2C(C(=O)[O-])=C3[C@@H](OCCCC)CCC[C@@H]3[C@H]12.[Na+]. The molecule has 3 aliphatic rings. The summed E-state index contributed by atoms with van der Waals surface area (Å²) >= 11 is 0. The molecule has 0 aromatic rings. The molecule has 23 heavy (non-hydrogen) atoms. The minimum Gasteiger partial charge on any atom is -0.543 e. The van der Waals surface area contributed by atoms with Crippen LogP contribution in [0.4, 0.5) is 0 Å². The van der Waals surface area contributed by atoms with Crippen LogP contribution in [-0.2, 0) is 14.3 Å². The van der Waals surface area contributed by atoms with Crippen molar-refractivity contribution in [3.8, 4) is 0 Å². The van der Waals surface area contributed by atoms with Crippen LogP contribution in [0.15, 0.2) is 22.9 Å². The Kier molecular flexibility index (Phi) is 6.11. The number of carbonyl (C=O) groups is 2. The Morgan fingerprint density at radius 1 is 1.43 bits per heavy atom. The number of carbonyl (C=O) groups excluding carboxylic acids is 2. The van der Waals surface area contributed by atoms with Crippen molar-refractivity contribution in [1.82, 2.24) is 4.90 Å². The maximum absolute atomic E-state index is 12.2. The van der Waals surface area contributed by atoms with Crippen molar-refractivity contribution in [2.24, 2.45) is 5.92 Å². The second kappa shape index (κ2) is 7.51. The van der Waals surface area contributed by atoms with Crippen LogP contribution in [0.1, 0.15) is 46.0 Å². The van der Waals surface area contributed by atoms with Crippen LogP contribution in [-0.4, -0.2) is 35.5 Å². The van der Waals surface area contributed by atoms with Crippen LogP contribution in [0, 0.1) is 5.92 Å². The standard InChI is InChI=1S/C17H23NO4.Na/c1-3-5-9-22-12-8-6-7-11-13(12)15(17(20)21)18-14(11)10(4-2)16(18)19;/h4,11-12,14H,3,5-9H2,1-2H3,(H,20,21);/q;+1/p-1/b10-4+;/t11-,12-,14-;/m0./s1. The number of rotatable bonds is 5. The topological polar surface area (TPSA) is 69.7 Å². The van der Waals surface area contributed by atoms with Crippen molar-refractivity contribution in [3.63, 3.8) is 0 Å². The van der Waals surface area contributed by atoms with Crippen molar-refractivity contribution < 1.29 is 49.0 Å². The maximum atomic E-state index is 12.2. The first-order chi connectivity index (χ1) is 10.6. The van der Waals surface area contributed by atoms with Gasteiger partial charge in [0.05, 0.1) is 23.8 Å². The van der Waals surface area contributed by atoms with E-state index in [1.807, 2.05) is 6.92 Å². The number of carboxylic acid groups (broad SMARTS) is 1. The van der Waals surface area contributed by atoms with Crippen LogP contribution >= 0.6 is 0 Å². The minimum absolute atomic E-state index is 0. The Labute approximate surface area is 159 Å². The third kappa shape index (κ3) is 2.93. The summed E-state index contributed by atoms with van der Waals surface area (Å²) in [5.74, 6) is -1.37. The second-order valence-corrected chi connectivity index (χ2v) is 6.21. The van der Waals surface area contributed by atoms with Crippen LogP contribution in [0.3, 0.4) is 0 Å². The molecular weight excluding hydrogens is 305 g/mol. The van der Waals surface area contributed by atoms with Gasteiger partial charge in [-0.3, -0.25) is 9.69 Å². The third-order valence-corrected chi connectivity index (χ3v) is 5.01. The molecule has 2 heterocycles. The fraction of sp³-hybridized carbons (Fsp3) is 0.647. The van der Waals surface area contributed by atoms with Gasteiger partial charge in [-0.15, -0.1) is 0 Å². The number of aliphatic carboxylic acids is 1. The number of carboxylic acids is 1. The molecule has 1 saturated heterocycles. The van der Waals surface area contributed by atoms with Crippen molar-refractivity contribution >= 4 is 11.9 Å². The van der Waals surface area contributed by atoms with E-state index in [0.717, 1.165) is 43.3 Å². The number of amides is 1. The first-order valence-corrected chi connectivity index (χ1v) is 8.18. The minimum atomic E-state index is -1.25. The van der Waals surface area contributed by atoms with E-state index in [-0.39, 0.29) is 59.2 Å². The Balaban J connectivity index is 0.00000192. The molecule has 0 bridgehead atoms. The molecular formula is C17H22NNaO4. The fourth-order valence-electron chi connectivity index (χ4n) is 4.02. The van der Waals surface area contributed by atoms with Gasteiger partial charge in [0.2, 0.25) is 0 Å². The molecule has 0 N–H and O–H groups in total. The summed E-state index contributed by atoms with van der Waals surface area (Å²) in [6.45, 7) is 4.56. The van der Waals surface area contributed by atoms with Gasteiger partial charge in [0.25, 0.3) is 5.91 Å². The molecule has 0 aromatic carbocycles. The van der Waals surface area contributed by atoms with Gasteiger partial charge in [0.15, 0.2) is 0 Å². The van der Waals surface area contributed by atoms with Crippen molar-refractivity contribution in [2.75, 3.05) is 6.61 Å². The van der Waals surface area contributed by atoms with E-state index >= 15 is 0 Å². The number of nitrogens with zero attached hydrogens (tertiary/aromatic N) is 1. The Bertz CT molecular complexity index is 569. The van der Waals surface area contributed by atoms with Crippen molar-refractivity contribution in [2.45, 2.75) is 58.1 Å². The Morgan fingerprint density at radius 3 is 2.78 bits per heavy atom. The molecule has 0 radical (unpaired) electrons. The van der Waals surface area contributed by atoms with Gasteiger partial charge >= 0.3 is 29.6 Å². The molecule has 5 nitrogen and oxygen atoms in total. The monoisotopic (exact) mass is 327 g/mol. The molecule has 1 saturated carbocycles. The molecule has 0 unspecified atom stereocenters. The van der Waals surface area contributed by atoms with Crippen molar-refractivity contribution in [3.05, 3.63) is 22.9 Å². The van der Waals surface area contributed by atoms with Crippen molar-refractivity contribution in [1.29, 1.82) is 0 Å². The summed E-state index contributed by atoms with van der Waals surface area (Å²) in [6.07, 6.45) is 6.36. The number of allylic oxidation sites excluding steroid dienone is 1. The number of β-lactam (4-membered cyclic amide) rings is 1. The predicted octanol–water partition coefficient (Wildman–Crippen LogP) is -1.85. The summed E-state index contributed by atoms with van der Waals surface area (Å²) in [7, 11) is 0. The van der Waals surface area contributed by atoms with E-state index in [1.54, 1.807) is 6.08 Å². The summed E-state index contributed by atoms with van der Waals surface area (Å²) in [4.78, 5) is 25.2. The Hall–Kier alpha value is -0.620. The van der Waals surface area contributed by atoms with E-state index in [2.05, 4.69) is 6.92 Å². The number of fused-ring (bicyclic) bond motifs is 3. The van der Waals surface area contributed by atoms with Crippen LogP contribution in [0.25, 0.3) is 0 Å². The zero-order chi connectivity index (χ0) is 15.9. The molecule has 0 aromatic heterocycles. The van der Waals surface area contributed by atoms with Gasteiger partial charge in [-0.1, -0.05) is 19.4 Å². The Morgan fingerprint density at radius 2 is 2.17 bits per heavy atom. The number of hydrogen-bond acceptors (Lipinski definition) is 4. The summed E-state index contributed by atoms with van der Waals surface area (Å²) in [5, 5.41) is 11.6. The molecule has 120 valence electrons. The average molecular weight is 327 g/mol. The zero-order valence-electron chi connectivity index (χ0n) is 14.1. The van der Waals surface area contributed by atoms with E-state index < -0.39 is 5.97 Å². The molecule has 2 aliphatic heterocycles. The first kappa shape index (κ1) is 18.7. The molecule has 0 spiro atoms. The zero-order valence-corrected chi connectivity index (χ0v) is 16.1. The molecule has 1 amide bonds. The van der Waals surface area contributed by atoms with Gasteiger partial charge in [0.1, 0.15) is 0 Å². The van der Waals surface area contributed by atoms with E-state index in [1.165, 1.54) is 4.90 Å². The fourth-order valence-corrected chi connectivity index (χ4v) is 4.02. The van der Waals surface area contributed by atoms with E-state index in [4.69, 9.17) is 4.74 Å². The van der Waals surface area contributed by atoms with Gasteiger partial charge in [-0.2, -0.15) is 0 Å². The van der Waals surface area contributed by atoms with Gasteiger partial charge in [-0.25, -0.2) is 0 Å². The van der Waals surface area contributed by atoms with E-state index in [0.29, 0.717) is 6.61 Å². The van der Waals surface area contributed by atoms with Crippen LogP contribution < -0.4 is 34.7 Å². The number of ether oxygens (including phenoxy) is 1. The average Bonchev–Trinajstić information content (AvgIpc) is 2.80. The molecule has 3 rings (SSSR count). The molecule has 2 fully saturated rings. The summed E-state index contributed by atoms with van der Waals surface area (Å²) in [6, 6.07) is -0.113. The first-order valence-electron chi connectivity index (χ1n) is 8.18. The van der Waals surface area contributed by atoms with Gasteiger partial charge < -0.3 is 14.6 Å². The summed E-state index contributed by atoms with van der Waals surface area (Å²) < 4.78 is 5.94. The quantitative estimate of drug-likeness (QED) is 0.257. The van der Waals surface area contributed by atoms with E-state index in [9.17, 15) is 14.7 Å². The van der Waals surface area contributed by atoms with Crippen LogP contribution in [0.2, 0.25) is 0 Å². The van der Waals surface area contributed by atoms with Gasteiger partial charge in [0, 0.05) is 18.1 Å². The molecule has 6 heteroatoms. The third-order valence-electron chi connectivity index (χ3n) is 5.01. The smallest absolute Gasteiger partial charge is 0.543 e. The van der Waals surface area contributed by atoms with Crippen LogP contribution in [0.5, 0.6) is 0 Å². The molecule has 1 aliphatic carbocycles. The number of unbranched alkanes of at least 4 members (excludes halogenated alkanes) is 1. The summed E-state index contributed by atoms with van der Waals surface area (Å²) in [5.41, 5.74) is 1.59. The largest absolute Gasteiger partial charge is 1.00 e. The number of hydrogen-bond donors (Lipinski definition) is 0. The molecule has 3 atom stereocenters. The maximum Gasteiger partial charge on any atom is 1.00 e. The normalized spacial score (nSPS) is 30.7. The second-order valence-electron chi connectivity index (χ2n) is 6.21. The van der Waals surface area contributed by atoms with Gasteiger partial charge in [-0.05, 0) is 38.2 Å². The predicted molar refractivity (Wildman–Crippen MR) is 78.4 cm³/mol.